The number of carbonyl (C=O) groups excluding carboxylic acids is 1. The Balaban J connectivity index is 1.61. The molecule has 2 fully saturated rings. The molecule has 11 heteroatoms. The first-order valence-corrected chi connectivity index (χ1v) is 14.7. The summed E-state index contributed by atoms with van der Waals surface area (Å²) in [5, 5.41) is 0. The fourth-order valence-corrected chi connectivity index (χ4v) is 5.68. The minimum atomic E-state index is -3.73. The lowest BCUT2D eigenvalue weighted by Crippen LogP contribution is -2.52. The van der Waals surface area contributed by atoms with Crippen molar-refractivity contribution in [2.45, 2.75) is 61.5 Å². The summed E-state index contributed by atoms with van der Waals surface area (Å²) in [4.78, 5) is 20.8. The van der Waals surface area contributed by atoms with Crippen LogP contribution >= 0.6 is 0 Å². The molecule has 2 heterocycles. The molecule has 1 saturated carbocycles. The van der Waals surface area contributed by atoms with Crippen molar-refractivity contribution in [1.82, 2.24) is 14.8 Å². The van der Waals surface area contributed by atoms with Gasteiger partial charge in [-0.05, 0) is 45.6 Å². The molecule has 3 rings (SSSR count). The van der Waals surface area contributed by atoms with Gasteiger partial charge in [0.25, 0.3) is 0 Å². The number of nitrogens with zero attached hydrogens (tertiary/aromatic N) is 3. The van der Waals surface area contributed by atoms with E-state index in [0.29, 0.717) is 31.7 Å². The highest BCUT2D eigenvalue weighted by molar-refractivity contribution is 7.91. The summed E-state index contributed by atoms with van der Waals surface area (Å²) in [6, 6.07) is 1.58. The van der Waals surface area contributed by atoms with Gasteiger partial charge in [0.15, 0.2) is 19.7 Å². The summed E-state index contributed by atoms with van der Waals surface area (Å²) in [5.74, 6) is 0.0641. The molecule has 0 unspecified atom stereocenters. The minimum Gasteiger partial charge on any atom is -0.473 e. The summed E-state index contributed by atoms with van der Waals surface area (Å²) in [6.07, 6.45) is 5.41. The molecular formula is C21H33N3O6S2. The van der Waals surface area contributed by atoms with E-state index in [4.69, 9.17) is 4.74 Å². The molecule has 0 N–H and O–H groups in total. The Morgan fingerprint density at radius 3 is 2.09 bits per heavy atom. The van der Waals surface area contributed by atoms with Gasteiger partial charge >= 0.3 is 0 Å². The summed E-state index contributed by atoms with van der Waals surface area (Å²) in [6.45, 7) is 7.62. The van der Waals surface area contributed by atoms with Gasteiger partial charge in [-0.2, -0.15) is 0 Å². The van der Waals surface area contributed by atoms with Gasteiger partial charge in [0, 0.05) is 56.8 Å². The van der Waals surface area contributed by atoms with Gasteiger partial charge in [-0.15, -0.1) is 0 Å². The van der Waals surface area contributed by atoms with Crippen LogP contribution in [0.3, 0.4) is 0 Å². The largest absolute Gasteiger partial charge is 0.473 e. The van der Waals surface area contributed by atoms with Gasteiger partial charge in [0.05, 0.1) is 4.90 Å². The van der Waals surface area contributed by atoms with Crippen LogP contribution in [0.4, 0.5) is 0 Å². The predicted molar refractivity (Wildman–Crippen MR) is 120 cm³/mol. The second-order valence-corrected chi connectivity index (χ2v) is 13.1. The fraction of sp³-hybridized carbons (Fsp3) is 0.714. The average molecular weight is 488 g/mol. The highest BCUT2D eigenvalue weighted by Gasteiger charge is 2.33. The van der Waals surface area contributed by atoms with Crippen LogP contribution in [0.1, 0.15) is 39.5 Å². The first-order chi connectivity index (χ1) is 14.9. The summed E-state index contributed by atoms with van der Waals surface area (Å²) < 4.78 is 53.8. The van der Waals surface area contributed by atoms with Crippen molar-refractivity contribution in [3.05, 3.63) is 12.3 Å². The zero-order valence-corrected chi connectivity index (χ0v) is 20.8. The normalized spacial score (nSPS) is 23.3. The van der Waals surface area contributed by atoms with E-state index >= 15 is 0 Å². The monoisotopic (exact) mass is 487 g/mol. The number of carbonyl (C=O) groups is 1. The minimum absolute atomic E-state index is 0.0459. The number of aromatic nitrogens is 1. The van der Waals surface area contributed by atoms with Crippen LogP contribution in [-0.2, 0) is 24.5 Å². The second-order valence-electron chi connectivity index (χ2n) is 9.07. The maximum absolute atomic E-state index is 12.9. The summed E-state index contributed by atoms with van der Waals surface area (Å²) >= 11 is 0. The van der Waals surface area contributed by atoms with E-state index in [1.165, 1.54) is 0 Å². The van der Waals surface area contributed by atoms with Crippen molar-refractivity contribution in [3.8, 4) is 5.88 Å². The Labute approximate surface area is 191 Å². The van der Waals surface area contributed by atoms with Crippen LogP contribution in [0.5, 0.6) is 5.88 Å². The molecule has 1 amide bonds. The number of ether oxygens (including phenoxy) is 1. The number of pyridine rings is 1. The van der Waals surface area contributed by atoms with Crippen molar-refractivity contribution in [3.63, 3.8) is 0 Å². The van der Waals surface area contributed by atoms with E-state index in [1.54, 1.807) is 0 Å². The van der Waals surface area contributed by atoms with Crippen LogP contribution in [0.25, 0.3) is 0 Å². The van der Waals surface area contributed by atoms with Crippen LogP contribution in [0.2, 0.25) is 0 Å². The van der Waals surface area contributed by atoms with Gasteiger partial charge in [-0.1, -0.05) is 0 Å². The highest BCUT2D eigenvalue weighted by Crippen LogP contribution is 2.32. The Morgan fingerprint density at radius 2 is 1.59 bits per heavy atom. The van der Waals surface area contributed by atoms with Gasteiger partial charge in [-0.3, -0.25) is 9.69 Å². The third-order valence-electron chi connectivity index (χ3n) is 6.28. The molecule has 0 spiro atoms. The first-order valence-electron chi connectivity index (χ1n) is 11.0. The van der Waals surface area contributed by atoms with Crippen molar-refractivity contribution in [1.29, 1.82) is 0 Å². The predicted octanol–water partition coefficient (Wildman–Crippen LogP) is 1.38. The van der Waals surface area contributed by atoms with Gasteiger partial charge in [0.1, 0.15) is 11.0 Å². The van der Waals surface area contributed by atoms with Gasteiger partial charge in [0.2, 0.25) is 11.8 Å². The molecule has 1 aliphatic heterocycles. The zero-order valence-electron chi connectivity index (χ0n) is 19.2. The smallest absolute Gasteiger partial charge is 0.232 e. The molecule has 9 nitrogen and oxygen atoms in total. The zero-order chi connectivity index (χ0) is 23.7. The number of amides is 1. The molecule has 32 heavy (non-hydrogen) atoms. The van der Waals surface area contributed by atoms with E-state index in [9.17, 15) is 21.6 Å². The molecule has 0 radical (unpaired) electrons. The third-order valence-corrected chi connectivity index (χ3v) is 8.45. The van der Waals surface area contributed by atoms with Crippen LogP contribution < -0.4 is 4.74 Å². The topological polar surface area (TPSA) is 114 Å². The highest BCUT2D eigenvalue weighted by atomic mass is 32.2. The van der Waals surface area contributed by atoms with Crippen molar-refractivity contribution in [2.75, 3.05) is 38.7 Å². The Bertz CT molecular complexity index is 1040. The van der Waals surface area contributed by atoms with E-state index in [-0.39, 0.29) is 33.6 Å². The molecule has 1 aromatic heterocycles. The molecule has 1 aliphatic carbocycles. The van der Waals surface area contributed by atoms with E-state index in [1.807, 2.05) is 4.90 Å². The number of sulfone groups is 2. The molecule has 1 aromatic rings. The molecule has 0 atom stereocenters. The number of piperazine rings is 1. The second kappa shape index (κ2) is 9.64. The lowest BCUT2D eigenvalue weighted by molar-refractivity contribution is -0.139. The number of hydrogen-bond donors (Lipinski definition) is 0. The van der Waals surface area contributed by atoms with Gasteiger partial charge < -0.3 is 9.64 Å². The Hall–Kier alpha value is -1.72. The van der Waals surface area contributed by atoms with Crippen LogP contribution in [-0.4, -0.2) is 88.4 Å². The van der Waals surface area contributed by atoms with Gasteiger partial charge in [-0.25, -0.2) is 21.8 Å². The number of rotatable bonds is 6. The van der Waals surface area contributed by atoms with E-state index in [0.717, 1.165) is 51.0 Å². The fourth-order valence-electron chi connectivity index (χ4n) is 4.27. The first kappa shape index (κ1) is 24.9. The van der Waals surface area contributed by atoms with Crippen LogP contribution in [0, 0.1) is 5.92 Å². The van der Waals surface area contributed by atoms with Crippen LogP contribution in [0.15, 0.2) is 22.1 Å². The Kier molecular flexibility index (Phi) is 7.51. The molecule has 0 aromatic carbocycles. The Morgan fingerprint density at radius 1 is 1.00 bits per heavy atom. The lowest BCUT2D eigenvalue weighted by atomic mass is 9.86. The van der Waals surface area contributed by atoms with E-state index < -0.39 is 19.7 Å². The molecule has 0 bridgehead atoms. The molecule has 180 valence electrons. The third kappa shape index (κ3) is 5.99. The number of hydrogen-bond acceptors (Lipinski definition) is 8. The lowest BCUT2D eigenvalue weighted by Gasteiger charge is -2.39. The molecular weight excluding hydrogens is 454 g/mol. The maximum atomic E-state index is 12.9. The van der Waals surface area contributed by atoms with Crippen molar-refractivity contribution in [2.24, 2.45) is 5.92 Å². The van der Waals surface area contributed by atoms with Crippen molar-refractivity contribution < 1.29 is 26.4 Å². The SMILES string of the molecule is CC(C)N1CCN(C(=O)C2CCC(Oc3ncc(S(C)(=O)=O)cc3S(C)(=O)=O)CC2)CC1. The molecule has 1 saturated heterocycles. The standard InChI is InChI=1S/C21H33N3O6S2/c1-15(2)23-9-11-24(12-10-23)21(25)16-5-7-17(8-6-16)30-20-19(32(4,28)29)13-18(14-22-20)31(3,26)27/h13-17H,5-12H2,1-4H3. The average Bonchev–Trinajstić information content (AvgIpc) is 2.72. The summed E-state index contributed by atoms with van der Waals surface area (Å²) in [5.41, 5.74) is 0. The maximum Gasteiger partial charge on any atom is 0.232 e. The van der Waals surface area contributed by atoms with Crippen molar-refractivity contribution >= 4 is 25.6 Å². The van der Waals surface area contributed by atoms with E-state index in [2.05, 4.69) is 23.7 Å². The quantitative estimate of drug-likeness (QED) is 0.591. The molecule has 2 aliphatic rings. The summed E-state index contributed by atoms with van der Waals surface area (Å²) in [7, 11) is -7.33.